The largest absolute Gasteiger partial charge is 0.322 e. The number of hydrogen-bond donors (Lipinski definition) is 2. The molecule has 8 nitrogen and oxygen atoms in total. The van der Waals surface area contributed by atoms with Crippen LogP contribution in [0.15, 0.2) is 55.1 Å². The van der Waals surface area contributed by atoms with Crippen LogP contribution in [0.3, 0.4) is 0 Å². The van der Waals surface area contributed by atoms with Gasteiger partial charge >= 0.3 is 0 Å². The summed E-state index contributed by atoms with van der Waals surface area (Å²) >= 11 is 0. The first-order valence-electron chi connectivity index (χ1n) is 11.6. The van der Waals surface area contributed by atoms with Crippen LogP contribution in [0.2, 0.25) is 0 Å². The summed E-state index contributed by atoms with van der Waals surface area (Å²) < 4.78 is 0. The first-order chi connectivity index (χ1) is 17.0. The van der Waals surface area contributed by atoms with Crippen molar-refractivity contribution in [2.45, 2.75) is 13.5 Å². The lowest BCUT2D eigenvalue weighted by molar-refractivity contribution is 0.102. The van der Waals surface area contributed by atoms with Gasteiger partial charge in [0, 0.05) is 68.8 Å². The number of fused-ring (bicyclic) bond motifs is 1. The highest BCUT2D eigenvalue weighted by Crippen LogP contribution is 2.19. The molecule has 3 aromatic heterocycles. The van der Waals surface area contributed by atoms with E-state index in [1.165, 1.54) is 11.1 Å². The number of rotatable bonds is 4. The van der Waals surface area contributed by atoms with Crippen molar-refractivity contribution < 1.29 is 4.79 Å². The maximum Gasteiger partial charge on any atom is 0.257 e. The molecular weight excluding hydrogens is 438 g/mol. The Morgan fingerprint density at radius 2 is 1.91 bits per heavy atom. The van der Waals surface area contributed by atoms with Crippen LogP contribution in [-0.4, -0.2) is 69.1 Å². The van der Waals surface area contributed by atoms with Gasteiger partial charge in [0.05, 0.1) is 16.5 Å². The van der Waals surface area contributed by atoms with Crippen molar-refractivity contribution in [3.63, 3.8) is 0 Å². The Morgan fingerprint density at radius 3 is 2.74 bits per heavy atom. The molecule has 0 unspecified atom stereocenters. The van der Waals surface area contributed by atoms with Gasteiger partial charge in [-0.2, -0.15) is 5.10 Å². The first-order valence-corrected chi connectivity index (χ1v) is 11.6. The molecule has 1 aliphatic rings. The summed E-state index contributed by atoms with van der Waals surface area (Å²) in [6, 6.07) is 9.65. The second-order valence-corrected chi connectivity index (χ2v) is 8.88. The van der Waals surface area contributed by atoms with Crippen molar-refractivity contribution in [2.24, 2.45) is 0 Å². The van der Waals surface area contributed by atoms with Crippen molar-refractivity contribution in [3.05, 3.63) is 83.1 Å². The Balaban J connectivity index is 1.26. The summed E-state index contributed by atoms with van der Waals surface area (Å²) in [6.07, 6.45) is 6.60. The lowest BCUT2D eigenvalue weighted by Gasteiger charge is -2.32. The van der Waals surface area contributed by atoms with Crippen LogP contribution in [0.5, 0.6) is 0 Å². The number of carbonyl (C=O) groups is 1. The van der Waals surface area contributed by atoms with Gasteiger partial charge in [0.25, 0.3) is 5.91 Å². The summed E-state index contributed by atoms with van der Waals surface area (Å²) in [5, 5.41) is 11.0. The predicted molar refractivity (Wildman–Crippen MR) is 136 cm³/mol. The van der Waals surface area contributed by atoms with E-state index in [-0.39, 0.29) is 5.91 Å². The number of nitrogens with one attached hydrogen (secondary N) is 2. The van der Waals surface area contributed by atoms with Crippen molar-refractivity contribution in [3.8, 4) is 11.8 Å². The minimum absolute atomic E-state index is 0.219. The number of aromatic nitrogens is 4. The van der Waals surface area contributed by atoms with Crippen molar-refractivity contribution in [2.75, 3.05) is 38.5 Å². The van der Waals surface area contributed by atoms with Crippen LogP contribution in [0.1, 0.15) is 32.7 Å². The van der Waals surface area contributed by atoms with E-state index in [4.69, 9.17) is 0 Å². The van der Waals surface area contributed by atoms with Gasteiger partial charge in [-0.15, -0.1) is 0 Å². The number of amides is 1. The van der Waals surface area contributed by atoms with Crippen molar-refractivity contribution in [1.82, 2.24) is 30.0 Å². The fourth-order valence-corrected chi connectivity index (χ4v) is 4.12. The number of aryl methyl sites for hydroxylation is 1. The van der Waals surface area contributed by atoms with Crippen LogP contribution in [0.4, 0.5) is 5.69 Å². The Labute approximate surface area is 204 Å². The highest BCUT2D eigenvalue weighted by atomic mass is 16.1. The molecule has 0 spiro atoms. The molecule has 4 heterocycles. The quantitative estimate of drug-likeness (QED) is 0.450. The van der Waals surface area contributed by atoms with E-state index in [2.05, 4.69) is 67.2 Å². The number of likely N-dealkylation sites (N-methyl/N-ethyl adjacent to an activating group) is 1. The SMILES string of the molecule is Cc1cc(NC(=O)c2cncc(C#Cc3[nH]nc4ccncc34)c2)ccc1CN1CCN(C)CC1. The highest BCUT2D eigenvalue weighted by Gasteiger charge is 2.15. The number of nitrogens with zero attached hydrogens (tertiary/aromatic N) is 5. The van der Waals surface area contributed by atoms with E-state index in [0.29, 0.717) is 16.8 Å². The smallest absolute Gasteiger partial charge is 0.257 e. The second kappa shape index (κ2) is 10.1. The zero-order valence-electron chi connectivity index (χ0n) is 19.9. The zero-order valence-corrected chi connectivity index (χ0v) is 19.9. The first kappa shape index (κ1) is 22.7. The van der Waals surface area contributed by atoms with Gasteiger partial charge in [-0.25, -0.2) is 0 Å². The molecule has 0 aliphatic carbocycles. The molecule has 8 heteroatoms. The van der Waals surface area contributed by atoms with Crippen molar-refractivity contribution >= 4 is 22.5 Å². The topological polar surface area (TPSA) is 90.0 Å². The summed E-state index contributed by atoms with van der Waals surface area (Å²) in [7, 11) is 2.16. The van der Waals surface area contributed by atoms with Crippen LogP contribution in [0.25, 0.3) is 10.9 Å². The van der Waals surface area contributed by atoms with E-state index in [0.717, 1.165) is 49.3 Å². The summed E-state index contributed by atoms with van der Waals surface area (Å²) in [4.78, 5) is 26.0. The van der Waals surface area contributed by atoms with Gasteiger partial charge < -0.3 is 10.2 Å². The van der Waals surface area contributed by atoms with E-state index in [1.807, 2.05) is 18.2 Å². The zero-order chi connectivity index (χ0) is 24.2. The number of piperazine rings is 1. The van der Waals surface area contributed by atoms with Gasteiger partial charge in [-0.3, -0.25) is 24.8 Å². The maximum absolute atomic E-state index is 12.9. The average molecular weight is 466 g/mol. The minimum Gasteiger partial charge on any atom is -0.322 e. The molecule has 1 fully saturated rings. The van der Waals surface area contributed by atoms with Gasteiger partial charge in [0.1, 0.15) is 5.69 Å². The number of pyridine rings is 2. The molecule has 1 saturated heterocycles. The second-order valence-electron chi connectivity index (χ2n) is 8.88. The molecule has 176 valence electrons. The van der Waals surface area contributed by atoms with Gasteiger partial charge in [-0.1, -0.05) is 12.0 Å². The predicted octanol–water partition coefficient (Wildman–Crippen LogP) is 3.06. The Bertz CT molecular complexity index is 1420. The Hall–Kier alpha value is -4.06. The fraction of sp³-hybridized carbons (Fsp3) is 0.259. The maximum atomic E-state index is 12.9. The Morgan fingerprint density at radius 1 is 1.06 bits per heavy atom. The third-order valence-corrected chi connectivity index (χ3v) is 6.28. The number of benzene rings is 1. The molecule has 0 saturated carbocycles. The number of carbonyl (C=O) groups excluding carboxylic acids is 1. The van der Waals surface area contributed by atoms with Gasteiger partial charge in [0.2, 0.25) is 0 Å². The van der Waals surface area contributed by atoms with Crippen LogP contribution in [-0.2, 0) is 6.54 Å². The molecule has 35 heavy (non-hydrogen) atoms. The molecule has 1 amide bonds. The molecule has 1 aromatic carbocycles. The molecule has 5 rings (SSSR count). The van der Waals surface area contributed by atoms with E-state index in [9.17, 15) is 4.79 Å². The molecule has 2 N–H and O–H groups in total. The fourth-order valence-electron chi connectivity index (χ4n) is 4.12. The monoisotopic (exact) mass is 465 g/mol. The third kappa shape index (κ3) is 5.38. The molecule has 0 radical (unpaired) electrons. The van der Waals surface area contributed by atoms with E-state index in [1.54, 1.807) is 30.9 Å². The lowest BCUT2D eigenvalue weighted by Crippen LogP contribution is -2.43. The van der Waals surface area contributed by atoms with Crippen LogP contribution in [0, 0.1) is 18.8 Å². The normalized spacial score (nSPS) is 14.5. The molecule has 4 aromatic rings. The summed E-state index contributed by atoms with van der Waals surface area (Å²) in [5.41, 5.74) is 5.79. The van der Waals surface area contributed by atoms with Gasteiger partial charge in [0.15, 0.2) is 0 Å². The summed E-state index contributed by atoms with van der Waals surface area (Å²) in [6.45, 7) is 7.37. The minimum atomic E-state index is -0.219. The molecule has 0 bridgehead atoms. The summed E-state index contributed by atoms with van der Waals surface area (Å²) in [5.74, 6) is 5.90. The number of anilines is 1. The molecule has 1 aliphatic heterocycles. The average Bonchev–Trinajstić information content (AvgIpc) is 3.29. The number of H-pyrrole nitrogens is 1. The molecule has 0 atom stereocenters. The van der Waals surface area contributed by atoms with Crippen molar-refractivity contribution in [1.29, 1.82) is 0 Å². The van der Waals surface area contributed by atoms with Gasteiger partial charge in [-0.05, 0) is 55.3 Å². The van der Waals surface area contributed by atoms with Crippen LogP contribution < -0.4 is 5.32 Å². The highest BCUT2D eigenvalue weighted by molar-refractivity contribution is 6.04. The number of aromatic amines is 1. The molecular formula is C27H27N7O. The van der Waals surface area contributed by atoms with E-state index >= 15 is 0 Å². The number of hydrogen-bond acceptors (Lipinski definition) is 6. The van der Waals surface area contributed by atoms with Crippen LogP contribution >= 0.6 is 0 Å². The standard InChI is InChI=1S/C27H27N7O/c1-19-13-23(5-4-21(19)18-34-11-9-33(2)10-12-34)30-27(35)22-14-20(15-29-16-22)3-6-25-24-17-28-8-7-26(24)32-31-25/h4-5,7-8,13-17H,9-12,18H2,1-2H3,(H,30,35)(H,31,32). The third-order valence-electron chi connectivity index (χ3n) is 6.28. The van der Waals surface area contributed by atoms with E-state index < -0.39 is 0 Å². The lowest BCUT2D eigenvalue weighted by atomic mass is 10.1. The Kier molecular flexibility index (Phi) is 6.53.